The average molecular weight is 295 g/mol. The minimum atomic E-state index is -0.665. The molecule has 1 aromatic heterocycles. The Morgan fingerprint density at radius 1 is 1.38 bits per heavy atom. The van der Waals surface area contributed by atoms with E-state index >= 15 is 0 Å². The third-order valence-electron chi connectivity index (χ3n) is 3.98. The predicted molar refractivity (Wildman–Crippen MR) is 75.9 cm³/mol. The van der Waals surface area contributed by atoms with Crippen LogP contribution in [0.2, 0.25) is 0 Å². The molecule has 21 heavy (non-hydrogen) atoms. The summed E-state index contributed by atoms with van der Waals surface area (Å²) in [6.45, 7) is 0.0161. The number of anilines is 1. The van der Waals surface area contributed by atoms with Gasteiger partial charge in [-0.2, -0.15) is 4.98 Å². The van der Waals surface area contributed by atoms with Gasteiger partial charge in [-0.15, -0.1) is 0 Å². The molecule has 0 spiro atoms. The highest BCUT2D eigenvalue weighted by atomic mass is 16.7. The van der Waals surface area contributed by atoms with Gasteiger partial charge in [0.2, 0.25) is 0 Å². The van der Waals surface area contributed by atoms with Gasteiger partial charge in [0.25, 0.3) is 0 Å². The Morgan fingerprint density at radius 3 is 2.86 bits per heavy atom. The summed E-state index contributed by atoms with van der Waals surface area (Å²) in [6, 6.07) is 2.19. The molecule has 0 amide bonds. The van der Waals surface area contributed by atoms with Crippen LogP contribution >= 0.6 is 0 Å². The number of aliphatic hydroxyl groups excluding tert-OH is 1. The normalized spacial score (nSPS) is 26.9. The maximum atomic E-state index is 12.1. The highest BCUT2D eigenvalue weighted by Gasteiger charge is 2.27. The number of nitrogens with zero attached hydrogens (tertiary/aromatic N) is 2. The van der Waals surface area contributed by atoms with Crippen LogP contribution in [-0.2, 0) is 9.47 Å². The highest BCUT2D eigenvalue weighted by Crippen LogP contribution is 2.21. The minimum absolute atomic E-state index is 0.222. The zero-order chi connectivity index (χ0) is 14.7. The van der Waals surface area contributed by atoms with Crippen molar-refractivity contribution in [1.82, 2.24) is 9.55 Å². The van der Waals surface area contributed by atoms with Crippen molar-refractivity contribution in [1.29, 1.82) is 0 Å². The van der Waals surface area contributed by atoms with Gasteiger partial charge in [0, 0.05) is 12.2 Å². The molecule has 0 aromatic carbocycles. The fourth-order valence-electron chi connectivity index (χ4n) is 2.85. The minimum Gasteiger partial charge on any atom is -0.391 e. The van der Waals surface area contributed by atoms with E-state index in [4.69, 9.17) is 14.6 Å². The first-order chi connectivity index (χ1) is 10.3. The van der Waals surface area contributed by atoms with Crippen molar-refractivity contribution in [3.8, 4) is 0 Å². The number of aromatic nitrogens is 2. The molecule has 0 radical (unpaired) electrons. The summed E-state index contributed by atoms with van der Waals surface area (Å²) in [5, 5.41) is 12.3. The first-order valence-corrected chi connectivity index (χ1v) is 7.50. The van der Waals surface area contributed by atoms with Crippen LogP contribution in [0.25, 0.3) is 0 Å². The number of rotatable bonds is 4. The van der Waals surface area contributed by atoms with E-state index < -0.39 is 12.5 Å². The Balaban J connectivity index is 1.66. The summed E-state index contributed by atoms with van der Waals surface area (Å²) in [6.07, 6.45) is 6.47. The van der Waals surface area contributed by atoms with Crippen LogP contribution in [0, 0.1) is 0 Å². The number of ether oxygens (including phenoxy) is 2. The van der Waals surface area contributed by atoms with Crippen molar-refractivity contribution in [2.24, 2.45) is 0 Å². The fraction of sp³-hybridized carbons (Fsp3) is 0.714. The van der Waals surface area contributed by atoms with Gasteiger partial charge in [0.1, 0.15) is 5.82 Å². The first-order valence-electron chi connectivity index (χ1n) is 7.50. The molecule has 7 heteroatoms. The quantitative estimate of drug-likeness (QED) is 0.856. The lowest BCUT2D eigenvalue weighted by atomic mass is 9.95. The van der Waals surface area contributed by atoms with Gasteiger partial charge in [0.15, 0.2) is 12.5 Å². The van der Waals surface area contributed by atoms with Gasteiger partial charge in [-0.25, -0.2) is 4.79 Å². The van der Waals surface area contributed by atoms with Crippen LogP contribution in [0.3, 0.4) is 0 Å². The fourth-order valence-corrected chi connectivity index (χ4v) is 2.85. The molecule has 3 rings (SSSR count). The van der Waals surface area contributed by atoms with Crippen LogP contribution in [-0.4, -0.2) is 40.2 Å². The van der Waals surface area contributed by atoms with Gasteiger partial charge >= 0.3 is 5.69 Å². The maximum Gasteiger partial charge on any atom is 0.351 e. The Bertz CT molecular complexity index is 527. The first kappa shape index (κ1) is 14.5. The summed E-state index contributed by atoms with van der Waals surface area (Å²) in [4.78, 5) is 16.1. The van der Waals surface area contributed by atoms with E-state index in [1.165, 1.54) is 23.8 Å². The molecule has 0 bridgehead atoms. The number of aliphatic hydroxyl groups is 1. The lowest BCUT2D eigenvalue weighted by Gasteiger charge is -2.23. The summed E-state index contributed by atoms with van der Waals surface area (Å²) >= 11 is 0. The zero-order valence-corrected chi connectivity index (χ0v) is 11.9. The largest absolute Gasteiger partial charge is 0.391 e. The molecule has 1 saturated carbocycles. The number of hydrogen-bond acceptors (Lipinski definition) is 6. The van der Waals surface area contributed by atoms with Crippen molar-refractivity contribution in [3.05, 3.63) is 22.7 Å². The molecule has 2 atom stereocenters. The third-order valence-corrected chi connectivity index (χ3v) is 3.98. The molecule has 1 aromatic rings. The molecule has 2 aliphatic rings. The molecule has 116 valence electrons. The van der Waals surface area contributed by atoms with E-state index in [-0.39, 0.29) is 18.9 Å². The van der Waals surface area contributed by atoms with E-state index in [0.29, 0.717) is 11.9 Å². The Labute approximate surface area is 122 Å². The standard InChI is InChI=1S/C14H21N3O4/c18-8-13-20-9-12(21-13)17-7-6-11(16-14(17)19)15-10-4-2-1-3-5-10/h6-7,10,12-13,18H,1-5,8-9H2,(H,15,16,19)/t12-,13-/m0/s1. The Morgan fingerprint density at radius 2 is 2.19 bits per heavy atom. The summed E-state index contributed by atoms with van der Waals surface area (Å²) in [5.41, 5.74) is -0.372. The van der Waals surface area contributed by atoms with Crippen molar-refractivity contribution in [2.75, 3.05) is 18.5 Å². The highest BCUT2D eigenvalue weighted by molar-refractivity contribution is 5.33. The van der Waals surface area contributed by atoms with E-state index in [0.717, 1.165) is 12.8 Å². The predicted octanol–water partition coefficient (Wildman–Crippen LogP) is 0.852. The van der Waals surface area contributed by atoms with Crippen LogP contribution in [0.1, 0.15) is 38.3 Å². The molecule has 2 heterocycles. The van der Waals surface area contributed by atoms with E-state index in [1.807, 2.05) is 0 Å². The summed E-state index contributed by atoms with van der Waals surface area (Å²) in [7, 11) is 0. The van der Waals surface area contributed by atoms with Crippen molar-refractivity contribution < 1.29 is 14.6 Å². The topological polar surface area (TPSA) is 85.6 Å². The molecule has 1 saturated heterocycles. The van der Waals surface area contributed by atoms with E-state index in [2.05, 4.69) is 10.3 Å². The Hall–Kier alpha value is -1.44. The summed E-state index contributed by atoms with van der Waals surface area (Å²) < 4.78 is 12.0. The smallest absolute Gasteiger partial charge is 0.351 e. The molecular weight excluding hydrogens is 274 g/mol. The van der Waals surface area contributed by atoms with E-state index in [1.54, 1.807) is 12.3 Å². The third kappa shape index (κ3) is 3.42. The van der Waals surface area contributed by atoms with Gasteiger partial charge in [-0.3, -0.25) is 4.57 Å². The van der Waals surface area contributed by atoms with E-state index in [9.17, 15) is 4.79 Å². The van der Waals surface area contributed by atoms with Crippen LogP contribution in [0.5, 0.6) is 0 Å². The second-order valence-corrected chi connectivity index (χ2v) is 5.52. The monoisotopic (exact) mass is 295 g/mol. The Kier molecular flexibility index (Phi) is 4.52. The van der Waals surface area contributed by atoms with Gasteiger partial charge < -0.3 is 19.9 Å². The molecule has 2 fully saturated rings. The van der Waals surface area contributed by atoms with Crippen LogP contribution in [0.4, 0.5) is 5.82 Å². The second-order valence-electron chi connectivity index (χ2n) is 5.52. The molecule has 0 unspecified atom stereocenters. The molecular formula is C14H21N3O4. The lowest BCUT2D eigenvalue weighted by molar-refractivity contribution is -0.0992. The van der Waals surface area contributed by atoms with Crippen molar-refractivity contribution >= 4 is 5.82 Å². The summed E-state index contributed by atoms with van der Waals surface area (Å²) in [5.74, 6) is 0.612. The van der Waals surface area contributed by atoms with Crippen molar-refractivity contribution in [3.63, 3.8) is 0 Å². The molecule has 2 N–H and O–H groups in total. The number of hydrogen-bond donors (Lipinski definition) is 2. The van der Waals surface area contributed by atoms with Crippen LogP contribution in [0.15, 0.2) is 17.1 Å². The van der Waals surface area contributed by atoms with Gasteiger partial charge in [-0.1, -0.05) is 19.3 Å². The van der Waals surface area contributed by atoms with Crippen molar-refractivity contribution in [2.45, 2.75) is 50.7 Å². The maximum absolute atomic E-state index is 12.1. The number of nitrogens with one attached hydrogen (secondary N) is 1. The second kappa shape index (κ2) is 6.55. The average Bonchev–Trinajstić information content (AvgIpc) is 2.97. The SMILES string of the molecule is O=c1nc(NC2CCCCC2)ccn1[C@@H]1CO[C@H](CO)O1. The molecule has 7 nitrogen and oxygen atoms in total. The van der Waals surface area contributed by atoms with Gasteiger partial charge in [0.05, 0.1) is 13.2 Å². The lowest BCUT2D eigenvalue weighted by Crippen LogP contribution is -2.30. The molecule has 1 aliphatic carbocycles. The molecule has 1 aliphatic heterocycles. The zero-order valence-electron chi connectivity index (χ0n) is 11.9. The van der Waals surface area contributed by atoms with Gasteiger partial charge in [-0.05, 0) is 18.9 Å². The van der Waals surface area contributed by atoms with Crippen LogP contribution < -0.4 is 11.0 Å².